The van der Waals surface area contributed by atoms with Gasteiger partial charge in [-0.15, -0.1) is 11.3 Å². The van der Waals surface area contributed by atoms with Gasteiger partial charge in [0, 0.05) is 21.5 Å². The summed E-state index contributed by atoms with van der Waals surface area (Å²) in [5, 5.41) is 3.18. The van der Waals surface area contributed by atoms with Gasteiger partial charge in [0.1, 0.15) is 10.9 Å². The molecular weight excluding hydrogens is 427 g/mol. The van der Waals surface area contributed by atoms with Crippen LogP contribution in [0.5, 0.6) is 5.75 Å². The van der Waals surface area contributed by atoms with Gasteiger partial charge in [0.2, 0.25) is 0 Å². The fourth-order valence-corrected chi connectivity index (χ4v) is 3.97. The Morgan fingerprint density at radius 2 is 2.00 bits per heavy atom. The normalized spacial score (nSPS) is 11.0. The fourth-order valence-electron chi connectivity index (χ4n) is 1.82. The van der Waals surface area contributed by atoms with E-state index in [4.69, 9.17) is 16.3 Å². The number of benzene rings is 1. The summed E-state index contributed by atoms with van der Waals surface area (Å²) in [4.78, 5) is 8.94. The predicted molar refractivity (Wildman–Crippen MR) is 89.8 cm³/mol. The molecule has 2 heterocycles. The highest BCUT2D eigenvalue weighted by molar-refractivity contribution is 9.11. The van der Waals surface area contributed by atoms with Crippen LogP contribution in [0.3, 0.4) is 0 Å². The van der Waals surface area contributed by atoms with Gasteiger partial charge in [0.25, 0.3) is 0 Å². The van der Waals surface area contributed by atoms with Gasteiger partial charge in [0.15, 0.2) is 5.82 Å². The first kappa shape index (κ1) is 14.3. The molecule has 1 aromatic carbocycles. The van der Waals surface area contributed by atoms with E-state index in [1.54, 1.807) is 18.4 Å². The van der Waals surface area contributed by atoms with E-state index in [0.717, 1.165) is 30.5 Å². The number of hydrogen-bond donors (Lipinski definition) is 0. The standard InChI is InChI=1S/C13H7Br2ClN2OS/c1-19-7-3-8(14)11-9(4-7)17-13(18-12(11)16)6-2-10(15)20-5-6/h2-5H,1H3. The quantitative estimate of drug-likeness (QED) is 0.497. The van der Waals surface area contributed by atoms with Crippen LogP contribution in [0.2, 0.25) is 5.15 Å². The van der Waals surface area contributed by atoms with Crippen molar-refractivity contribution in [3.05, 3.63) is 37.0 Å². The Morgan fingerprint density at radius 3 is 2.65 bits per heavy atom. The largest absolute Gasteiger partial charge is 0.497 e. The third-order valence-electron chi connectivity index (χ3n) is 2.74. The first-order valence-corrected chi connectivity index (χ1v) is 8.38. The Kier molecular flexibility index (Phi) is 3.99. The maximum Gasteiger partial charge on any atom is 0.162 e. The van der Waals surface area contributed by atoms with Crippen molar-refractivity contribution in [3.63, 3.8) is 0 Å². The minimum absolute atomic E-state index is 0.418. The molecule has 0 unspecified atom stereocenters. The highest BCUT2D eigenvalue weighted by Crippen LogP contribution is 2.35. The average molecular weight is 435 g/mol. The Hall–Kier alpha value is -0.690. The summed E-state index contributed by atoms with van der Waals surface area (Å²) in [6.07, 6.45) is 0. The van der Waals surface area contributed by atoms with Crippen molar-refractivity contribution >= 4 is 65.7 Å². The summed E-state index contributed by atoms with van der Waals surface area (Å²) >= 11 is 14.8. The average Bonchev–Trinajstić information content (AvgIpc) is 2.84. The molecule has 7 heteroatoms. The van der Waals surface area contributed by atoms with E-state index >= 15 is 0 Å². The van der Waals surface area contributed by atoms with E-state index in [-0.39, 0.29) is 0 Å². The second-order valence-corrected chi connectivity index (χ2v) is 7.48. The molecule has 3 rings (SSSR count). The Morgan fingerprint density at radius 1 is 1.20 bits per heavy atom. The molecule has 102 valence electrons. The maximum atomic E-state index is 6.29. The first-order chi connectivity index (χ1) is 9.58. The van der Waals surface area contributed by atoms with Gasteiger partial charge in [-0.2, -0.15) is 0 Å². The van der Waals surface area contributed by atoms with Crippen LogP contribution in [0.1, 0.15) is 0 Å². The van der Waals surface area contributed by atoms with Crippen molar-refractivity contribution in [1.82, 2.24) is 9.97 Å². The monoisotopic (exact) mass is 432 g/mol. The summed E-state index contributed by atoms with van der Waals surface area (Å²) < 4.78 is 7.10. The van der Waals surface area contributed by atoms with Crippen LogP contribution in [0.4, 0.5) is 0 Å². The Bertz CT molecular complexity index is 806. The van der Waals surface area contributed by atoms with Gasteiger partial charge < -0.3 is 4.74 Å². The molecule has 0 bridgehead atoms. The molecule has 0 aliphatic heterocycles. The van der Waals surface area contributed by atoms with E-state index < -0.39 is 0 Å². The third-order valence-corrected chi connectivity index (χ3v) is 5.14. The molecule has 20 heavy (non-hydrogen) atoms. The van der Waals surface area contributed by atoms with Crippen molar-refractivity contribution in [3.8, 4) is 17.1 Å². The van der Waals surface area contributed by atoms with Crippen LogP contribution in [0.25, 0.3) is 22.3 Å². The van der Waals surface area contributed by atoms with Crippen LogP contribution >= 0.6 is 54.8 Å². The first-order valence-electron chi connectivity index (χ1n) is 5.53. The number of rotatable bonds is 2. The molecule has 0 fully saturated rings. The Labute approximate surface area is 141 Å². The number of nitrogens with zero attached hydrogens (tertiary/aromatic N) is 2. The van der Waals surface area contributed by atoms with Gasteiger partial charge in [0.05, 0.1) is 21.8 Å². The maximum absolute atomic E-state index is 6.29. The van der Waals surface area contributed by atoms with Gasteiger partial charge in [-0.1, -0.05) is 11.6 Å². The van der Waals surface area contributed by atoms with Crippen molar-refractivity contribution < 1.29 is 4.74 Å². The lowest BCUT2D eigenvalue weighted by molar-refractivity contribution is 0.415. The predicted octanol–water partition coefficient (Wildman–Crippen LogP) is 5.55. The SMILES string of the molecule is COc1cc(Br)c2c(Cl)nc(-c3csc(Br)c3)nc2c1. The molecule has 3 nitrogen and oxygen atoms in total. The lowest BCUT2D eigenvalue weighted by Crippen LogP contribution is -1.93. The van der Waals surface area contributed by atoms with E-state index in [1.807, 2.05) is 23.6 Å². The van der Waals surface area contributed by atoms with Gasteiger partial charge in [-0.05, 0) is 44.0 Å². The molecule has 3 aromatic rings. The number of halogens is 3. The second-order valence-electron chi connectivity index (χ2n) is 3.98. The van der Waals surface area contributed by atoms with Gasteiger partial charge >= 0.3 is 0 Å². The highest BCUT2D eigenvalue weighted by atomic mass is 79.9. The Balaban J connectivity index is 2.27. The van der Waals surface area contributed by atoms with Crippen LogP contribution < -0.4 is 4.74 Å². The minimum atomic E-state index is 0.418. The lowest BCUT2D eigenvalue weighted by atomic mass is 10.2. The zero-order valence-electron chi connectivity index (χ0n) is 10.2. The molecule has 0 spiro atoms. The molecule has 0 aliphatic rings. The van der Waals surface area contributed by atoms with Gasteiger partial charge in [-0.25, -0.2) is 9.97 Å². The zero-order chi connectivity index (χ0) is 14.3. The van der Waals surface area contributed by atoms with E-state index in [0.29, 0.717) is 11.0 Å². The summed E-state index contributed by atoms with van der Waals surface area (Å²) in [7, 11) is 1.62. The van der Waals surface area contributed by atoms with Crippen molar-refractivity contribution in [2.24, 2.45) is 0 Å². The van der Waals surface area contributed by atoms with Crippen LogP contribution in [-0.4, -0.2) is 17.1 Å². The van der Waals surface area contributed by atoms with Crippen molar-refractivity contribution in [2.75, 3.05) is 7.11 Å². The van der Waals surface area contributed by atoms with Gasteiger partial charge in [-0.3, -0.25) is 0 Å². The number of thiophene rings is 1. The fraction of sp³-hybridized carbons (Fsp3) is 0.0769. The van der Waals surface area contributed by atoms with Crippen molar-refractivity contribution in [2.45, 2.75) is 0 Å². The second kappa shape index (κ2) is 5.60. The molecule has 0 aliphatic carbocycles. The minimum Gasteiger partial charge on any atom is -0.497 e. The molecular formula is C13H7Br2ClN2OS. The molecule has 2 aromatic heterocycles. The van der Waals surface area contributed by atoms with Crippen LogP contribution in [0.15, 0.2) is 31.8 Å². The number of hydrogen-bond acceptors (Lipinski definition) is 4. The number of aromatic nitrogens is 2. The zero-order valence-corrected chi connectivity index (χ0v) is 14.9. The van der Waals surface area contributed by atoms with E-state index in [9.17, 15) is 0 Å². The summed E-state index contributed by atoms with van der Waals surface area (Å²) in [6, 6.07) is 5.66. The number of fused-ring (bicyclic) bond motifs is 1. The molecule has 0 saturated heterocycles. The third kappa shape index (κ3) is 2.57. The summed E-state index contributed by atoms with van der Waals surface area (Å²) in [5.74, 6) is 1.32. The molecule has 0 amide bonds. The summed E-state index contributed by atoms with van der Waals surface area (Å²) in [6.45, 7) is 0. The lowest BCUT2D eigenvalue weighted by Gasteiger charge is -2.07. The number of ether oxygens (including phenoxy) is 1. The highest BCUT2D eigenvalue weighted by Gasteiger charge is 2.13. The number of methoxy groups -OCH3 is 1. The van der Waals surface area contributed by atoms with Crippen LogP contribution in [-0.2, 0) is 0 Å². The van der Waals surface area contributed by atoms with E-state index in [1.165, 1.54) is 0 Å². The molecule has 0 saturated carbocycles. The van der Waals surface area contributed by atoms with E-state index in [2.05, 4.69) is 41.8 Å². The van der Waals surface area contributed by atoms with Crippen LogP contribution in [0, 0.1) is 0 Å². The molecule has 0 N–H and O–H groups in total. The molecule has 0 atom stereocenters. The topological polar surface area (TPSA) is 35.0 Å². The smallest absolute Gasteiger partial charge is 0.162 e. The van der Waals surface area contributed by atoms with Crippen molar-refractivity contribution in [1.29, 1.82) is 0 Å². The molecule has 0 radical (unpaired) electrons. The summed E-state index contributed by atoms with van der Waals surface area (Å²) in [5.41, 5.74) is 1.68.